The van der Waals surface area contributed by atoms with Crippen molar-refractivity contribution >= 4 is 0 Å². The molecule has 1 aromatic rings. The third-order valence-electron chi connectivity index (χ3n) is 3.34. The third kappa shape index (κ3) is 3.63. The topological polar surface area (TPSA) is 29.9 Å². The zero-order chi connectivity index (χ0) is 12.2. The average Bonchev–Trinajstić information content (AvgIpc) is 2.63. The van der Waals surface area contributed by atoms with Crippen LogP contribution < -0.4 is 5.32 Å². The van der Waals surface area contributed by atoms with Crippen LogP contribution in [0.1, 0.15) is 40.3 Å². The molecule has 0 amide bonds. The lowest BCUT2D eigenvalue weighted by Gasteiger charge is -2.27. The highest BCUT2D eigenvalue weighted by Crippen LogP contribution is 2.24. The molecule has 0 aliphatic carbocycles. The number of hydrogen-bond donors (Lipinski definition) is 1. The molecule has 0 bridgehead atoms. The normalized spacial score (nSPS) is 14.1. The van der Waals surface area contributed by atoms with E-state index in [9.17, 15) is 0 Å². The first-order valence-electron chi connectivity index (χ1n) is 6.16. The molecule has 0 saturated carbocycles. The Labute approximate surface area is 99.2 Å². The summed E-state index contributed by atoms with van der Waals surface area (Å²) in [6.07, 6.45) is 1.87. The Kier molecular flexibility index (Phi) is 4.54. The van der Waals surface area contributed by atoms with Crippen molar-refractivity contribution in [3.05, 3.63) is 18.0 Å². The van der Waals surface area contributed by atoms with Crippen LogP contribution in [-0.2, 0) is 13.1 Å². The molecular formula is C13H25N3. The lowest BCUT2D eigenvalue weighted by molar-refractivity contribution is 0.252. The van der Waals surface area contributed by atoms with Gasteiger partial charge in [-0.2, -0.15) is 5.10 Å². The number of rotatable bonds is 5. The van der Waals surface area contributed by atoms with Gasteiger partial charge in [-0.1, -0.05) is 27.7 Å². The zero-order valence-corrected chi connectivity index (χ0v) is 11.2. The second-order valence-electron chi connectivity index (χ2n) is 5.54. The summed E-state index contributed by atoms with van der Waals surface area (Å²) in [6, 6.07) is 2.08. The second kappa shape index (κ2) is 5.48. The molecule has 0 radical (unpaired) electrons. The molecular weight excluding hydrogens is 198 g/mol. The molecule has 0 aliphatic heterocycles. The summed E-state index contributed by atoms with van der Waals surface area (Å²) in [5, 5.41) is 7.77. The fourth-order valence-corrected chi connectivity index (χ4v) is 1.52. The fraction of sp³-hybridized carbons (Fsp3) is 0.769. The van der Waals surface area contributed by atoms with Gasteiger partial charge in [-0.15, -0.1) is 0 Å². The maximum atomic E-state index is 4.26. The maximum Gasteiger partial charge on any atom is 0.0521 e. The first-order valence-corrected chi connectivity index (χ1v) is 6.16. The minimum atomic E-state index is 0.373. The molecule has 0 aromatic carbocycles. The van der Waals surface area contributed by atoms with Crippen LogP contribution in [-0.4, -0.2) is 16.3 Å². The number of nitrogens with one attached hydrogen (secondary N) is 1. The first-order chi connectivity index (χ1) is 7.45. The molecule has 0 aliphatic rings. The summed E-state index contributed by atoms with van der Waals surface area (Å²) in [5.41, 5.74) is 1.64. The van der Waals surface area contributed by atoms with Crippen molar-refractivity contribution in [1.29, 1.82) is 0 Å². The minimum Gasteiger partial charge on any atom is -0.311 e. The lowest BCUT2D eigenvalue weighted by atomic mass is 9.82. The molecule has 1 heterocycles. The Morgan fingerprint density at radius 3 is 2.69 bits per heavy atom. The van der Waals surface area contributed by atoms with Gasteiger partial charge in [0, 0.05) is 19.3 Å². The van der Waals surface area contributed by atoms with E-state index >= 15 is 0 Å². The van der Waals surface area contributed by atoms with Crippen molar-refractivity contribution in [2.24, 2.45) is 11.3 Å². The number of aromatic nitrogens is 2. The molecule has 16 heavy (non-hydrogen) atoms. The van der Waals surface area contributed by atoms with Crippen molar-refractivity contribution in [3.8, 4) is 0 Å². The van der Waals surface area contributed by atoms with Gasteiger partial charge in [0.25, 0.3) is 0 Å². The molecule has 0 fully saturated rings. The van der Waals surface area contributed by atoms with Crippen LogP contribution in [0.15, 0.2) is 12.3 Å². The number of aryl methyl sites for hydroxylation is 1. The molecule has 1 aromatic heterocycles. The molecule has 1 rings (SSSR count). The summed E-state index contributed by atoms with van der Waals surface area (Å²) in [4.78, 5) is 0. The summed E-state index contributed by atoms with van der Waals surface area (Å²) in [5.74, 6) is 0.672. The number of hydrogen-bond acceptors (Lipinski definition) is 2. The standard InChI is InChI=1S/C13H25N3/c1-6-16-12(7-8-15-16)10-14-9-11(2)13(3,4)5/h7-8,11,14H,6,9-10H2,1-5H3. The van der Waals surface area contributed by atoms with Crippen LogP contribution in [0.3, 0.4) is 0 Å². The SMILES string of the molecule is CCn1nccc1CNCC(C)C(C)(C)C. The van der Waals surface area contributed by atoms with Gasteiger partial charge in [-0.25, -0.2) is 0 Å². The monoisotopic (exact) mass is 223 g/mol. The van der Waals surface area contributed by atoms with E-state index in [1.165, 1.54) is 5.69 Å². The van der Waals surface area contributed by atoms with Crippen molar-refractivity contribution in [2.75, 3.05) is 6.54 Å². The van der Waals surface area contributed by atoms with Gasteiger partial charge in [0.15, 0.2) is 0 Å². The summed E-state index contributed by atoms with van der Waals surface area (Å²) < 4.78 is 2.04. The fourth-order valence-electron chi connectivity index (χ4n) is 1.52. The Bertz CT molecular complexity index is 309. The van der Waals surface area contributed by atoms with Crippen LogP contribution >= 0.6 is 0 Å². The minimum absolute atomic E-state index is 0.373. The largest absolute Gasteiger partial charge is 0.311 e. The average molecular weight is 223 g/mol. The Morgan fingerprint density at radius 2 is 2.12 bits per heavy atom. The molecule has 3 heteroatoms. The van der Waals surface area contributed by atoms with Crippen LogP contribution in [0.25, 0.3) is 0 Å². The highest BCUT2D eigenvalue weighted by atomic mass is 15.3. The van der Waals surface area contributed by atoms with Crippen molar-refractivity contribution in [1.82, 2.24) is 15.1 Å². The first kappa shape index (κ1) is 13.2. The van der Waals surface area contributed by atoms with E-state index in [-0.39, 0.29) is 0 Å². The van der Waals surface area contributed by atoms with E-state index in [1.807, 2.05) is 10.9 Å². The number of nitrogens with zero attached hydrogens (tertiary/aromatic N) is 2. The molecule has 1 N–H and O–H groups in total. The van der Waals surface area contributed by atoms with Gasteiger partial charge >= 0.3 is 0 Å². The van der Waals surface area contributed by atoms with Crippen LogP contribution in [0.2, 0.25) is 0 Å². The van der Waals surface area contributed by atoms with E-state index in [4.69, 9.17) is 0 Å². The maximum absolute atomic E-state index is 4.26. The van der Waals surface area contributed by atoms with Crippen LogP contribution in [0.5, 0.6) is 0 Å². The third-order valence-corrected chi connectivity index (χ3v) is 3.34. The molecule has 92 valence electrons. The molecule has 1 unspecified atom stereocenters. The Morgan fingerprint density at radius 1 is 1.44 bits per heavy atom. The van der Waals surface area contributed by atoms with E-state index in [0.717, 1.165) is 19.6 Å². The van der Waals surface area contributed by atoms with Crippen molar-refractivity contribution in [3.63, 3.8) is 0 Å². The van der Waals surface area contributed by atoms with Crippen molar-refractivity contribution < 1.29 is 0 Å². The van der Waals surface area contributed by atoms with Gasteiger partial charge in [-0.05, 0) is 30.9 Å². The molecule has 0 spiro atoms. The predicted octanol–water partition coefficient (Wildman–Crippen LogP) is 2.67. The van der Waals surface area contributed by atoms with E-state index in [1.54, 1.807) is 0 Å². The Balaban J connectivity index is 2.36. The van der Waals surface area contributed by atoms with Crippen molar-refractivity contribution in [2.45, 2.75) is 47.7 Å². The predicted molar refractivity (Wildman–Crippen MR) is 68.2 cm³/mol. The van der Waals surface area contributed by atoms with E-state index in [2.05, 4.69) is 51.1 Å². The van der Waals surface area contributed by atoms with Gasteiger partial charge in [-0.3, -0.25) is 4.68 Å². The Hall–Kier alpha value is -0.830. The summed E-state index contributed by atoms with van der Waals surface area (Å²) >= 11 is 0. The lowest BCUT2D eigenvalue weighted by Crippen LogP contribution is -2.30. The molecule has 1 atom stereocenters. The van der Waals surface area contributed by atoms with Crippen LogP contribution in [0.4, 0.5) is 0 Å². The van der Waals surface area contributed by atoms with Gasteiger partial charge in [0.1, 0.15) is 0 Å². The van der Waals surface area contributed by atoms with Gasteiger partial charge in [0.05, 0.1) is 5.69 Å². The van der Waals surface area contributed by atoms with Crippen LogP contribution in [0, 0.1) is 11.3 Å². The van der Waals surface area contributed by atoms with Gasteiger partial charge in [0.2, 0.25) is 0 Å². The second-order valence-corrected chi connectivity index (χ2v) is 5.54. The highest BCUT2D eigenvalue weighted by Gasteiger charge is 2.19. The molecule has 3 nitrogen and oxygen atoms in total. The van der Waals surface area contributed by atoms with Gasteiger partial charge < -0.3 is 5.32 Å². The smallest absolute Gasteiger partial charge is 0.0521 e. The van der Waals surface area contributed by atoms with E-state index < -0.39 is 0 Å². The summed E-state index contributed by atoms with van der Waals surface area (Å²) in [7, 11) is 0. The zero-order valence-electron chi connectivity index (χ0n) is 11.2. The summed E-state index contributed by atoms with van der Waals surface area (Å²) in [6.45, 7) is 14.2. The quantitative estimate of drug-likeness (QED) is 0.831. The molecule has 0 saturated heterocycles. The highest BCUT2D eigenvalue weighted by molar-refractivity contribution is 4.99. The van der Waals surface area contributed by atoms with E-state index in [0.29, 0.717) is 11.3 Å².